The Balaban J connectivity index is 1.96. The summed E-state index contributed by atoms with van der Waals surface area (Å²) in [6.07, 6.45) is 2.36. The van der Waals surface area contributed by atoms with Crippen LogP contribution in [0.25, 0.3) is 0 Å². The van der Waals surface area contributed by atoms with Gasteiger partial charge in [-0.1, -0.05) is 13.8 Å². The fraction of sp³-hybridized carbons (Fsp3) is 0.909. The average Bonchev–Trinajstić information content (AvgIpc) is 2.67. The van der Waals surface area contributed by atoms with E-state index in [2.05, 4.69) is 24.5 Å². The van der Waals surface area contributed by atoms with Gasteiger partial charge in [0.05, 0.1) is 0 Å². The zero-order valence-electron chi connectivity index (χ0n) is 9.71. The molecule has 15 heavy (non-hydrogen) atoms. The molecule has 0 aromatic heterocycles. The first kappa shape index (κ1) is 12.7. The summed E-state index contributed by atoms with van der Waals surface area (Å²) in [5.41, 5.74) is 0. The Labute approximate surface area is 98.0 Å². The maximum Gasteiger partial charge on any atom is 0.166 e. The Bertz CT molecular complexity index is 191. The van der Waals surface area contributed by atoms with Crippen LogP contribution in [-0.4, -0.2) is 31.4 Å². The van der Waals surface area contributed by atoms with Crippen LogP contribution >= 0.6 is 12.2 Å². The SMILES string of the molecule is CC(C)CNC(=S)NCCC1CCOC1. The fourth-order valence-electron chi connectivity index (χ4n) is 1.56. The van der Waals surface area contributed by atoms with Gasteiger partial charge in [0.1, 0.15) is 0 Å². The van der Waals surface area contributed by atoms with Gasteiger partial charge in [-0.3, -0.25) is 0 Å². The Kier molecular flexibility index (Phi) is 5.95. The quantitative estimate of drug-likeness (QED) is 0.702. The predicted octanol–water partition coefficient (Wildman–Crippen LogP) is 1.53. The minimum atomic E-state index is 0.632. The largest absolute Gasteiger partial charge is 0.381 e. The molecule has 1 rings (SSSR count). The topological polar surface area (TPSA) is 33.3 Å². The molecule has 0 spiro atoms. The van der Waals surface area contributed by atoms with Crippen LogP contribution in [-0.2, 0) is 4.74 Å². The van der Waals surface area contributed by atoms with E-state index in [0.29, 0.717) is 5.92 Å². The first-order valence-corrected chi connectivity index (χ1v) is 6.18. The van der Waals surface area contributed by atoms with Gasteiger partial charge in [-0.15, -0.1) is 0 Å². The van der Waals surface area contributed by atoms with Crippen molar-refractivity contribution in [3.05, 3.63) is 0 Å². The number of ether oxygens (including phenoxy) is 1. The van der Waals surface area contributed by atoms with Crippen LogP contribution in [0.5, 0.6) is 0 Å². The third kappa shape index (κ3) is 5.95. The van der Waals surface area contributed by atoms with E-state index in [0.717, 1.165) is 43.8 Å². The first-order chi connectivity index (χ1) is 7.18. The van der Waals surface area contributed by atoms with Gasteiger partial charge >= 0.3 is 0 Å². The lowest BCUT2D eigenvalue weighted by Crippen LogP contribution is -2.38. The second-order valence-corrected chi connectivity index (χ2v) is 4.96. The molecule has 1 aliphatic heterocycles. The molecule has 1 saturated heterocycles. The van der Waals surface area contributed by atoms with E-state index < -0.39 is 0 Å². The van der Waals surface area contributed by atoms with Crippen LogP contribution in [0.15, 0.2) is 0 Å². The van der Waals surface area contributed by atoms with Gasteiger partial charge in [-0.05, 0) is 36.9 Å². The van der Waals surface area contributed by atoms with Gasteiger partial charge in [-0.25, -0.2) is 0 Å². The molecule has 1 aliphatic rings. The van der Waals surface area contributed by atoms with Crippen molar-refractivity contribution in [2.24, 2.45) is 11.8 Å². The number of hydrogen-bond acceptors (Lipinski definition) is 2. The number of nitrogens with one attached hydrogen (secondary N) is 2. The van der Waals surface area contributed by atoms with Crippen molar-refractivity contribution in [3.63, 3.8) is 0 Å². The van der Waals surface area contributed by atoms with Gasteiger partial charge in [0.2, 0.25) is 0 Å². The molecule has 0 amide bonds. The van der Waals surface area contributed by atoms with E-state index in [4.69, 9.17) is 17.0 Å². The van der Waals surface area contributed by atoms with Gasteiger partial charge in [-0.2, -0.15) is 0 Å². The van der Waals surface area contributed by atoms with Crippen molar-refractivity contribution in [1.29, 1.82) is 0 Å². The molecule has 88 valence electrons. The van der Waals surface area contributed by atoms with Crippen molar-refractivity contribution >= 4 is 17.3 Å². The first-order valence-electron chi connectivity index (χ1n) is 5.78. The molecule has 0 aliphatic carbocycles. The van der Waals surface area contributed by atoms with Gasteiger partial charge in [0.15, 0.2) is 5.11 Å². The lowest BCUT2D eigenvalue weighted by molar-refractivity contribution is 0.184. The zero-order valence-corrected chi connectivity index (χ0v) is 10.5. The Morgan fingerprint density at radius 3 is 2.87 bits per heavy atom. The molecule has 1 fully saturated rings. The third-order valence-corrected chi connectivity index (χ3v) is 2.82. The minimum Gasteiger partial charge on any atom is -0.381 e. The predicted molar refractivity (Wildman–Crippen MR) is 67.0 cm³/mol. The average molecular weight is 230 g/mol. The van der Waals surface area contributed by atoms with E-state index >= 15 is 0 Å². The molecule has 3 nitrogen and oxygen atoms in total. The van der Waals surface area contributed by atoms with Crippen molar-refractivity contribution in [2.45, 2.75) is 26.7 Å². The molecule has 0 bridgehead atoms. The Morgan fingerprint density at radius 1 is 1.47 bits per heavy atom. The zero-order chi connectivity index (χ0) is 11.1. The Hall–Kier alpha value is -0.350. The molecule has 1 atom stereocenters. The third-order valence-electron chi connectivity index (χ3n) is 2.53. The Morgan fingerprint density at radius 2 is 2.27 bits per heavy atom. The van der Waals surface area contributed by atoms with E-state index in [1.807, 2.05) is 0 Å². The normalized spacial score (nSPS) is 20.6. The number of rotatable bonds is 5. The summed E-state index contributed by atoms with van der Waals surface area (Å²) in [5.74, 6) is 1.36. The van der Waals surface area contributed by atoms with Gasteiger partial charge in [0.25, 0.3) is 0 Å². The molecular weight excluding hydrogens is 208 g/mol. The fourth-order valence-corrected chi connectivity index (χ4v) is 1.75. The second kappa shape index (κ2) is 7.01. The second-order valence-electron chi connectivity index (χ2n) is 4.55. The lowest BCUT2D eigenvalue weighted by atomic mass is 10.1. The summed E-state index contributed by atoms with van der Waals surface area (Å²) in [6.45, 7) is 8.10. The van der Waals surface area contributed by atoms with E-state index in [1.54, 1.807) is 0 Å². The summed E-state index contributed by atoms with van der Waals surface area (Å²) in [4.78, 5) is 0. The van der Waals surface area contributed by atoms with Crippen molar-refractivity contribution in [1.82, 2.24) is 10.6 Å². The highest BCUT2D eigenvalue weighted by Gasteiger charge is 2.14. The van der Waals surface area contributed by atoms with Crippen molar-refractivity contribution in [3.8, 4) is 0 Å². The summed E-state index contributed by atoms with van der Waals surface area (Å²) in [5, 5.41) is 7.21. The highest BCUT2D eigenvalue weighted by molar-refractivity contribution is 7.80. The van der Waals surface area contributed by atoms with Crippen LogP contribution in [0.2, 0.25) is 0 Å². The molecule has 4 heteroatoms. The summed E-state index contributed by atoms with van der Waals surface area (Å²) >= 11 is 5.16. The molecule has 0 saturated carbocycles. The van der Waals surface area contributed by atoms with Crippen LogP contribution in [0, 0.1) is 11.8 Å². The van der Waals surface area contributed by atoms with E-state index in [9.17, 15) is 0 Å². The molecule has 1 heterocycles. The lowest BCUT2D eigenvalue weighted by Gasteiger charge is -2.13. The molecule has 2 N–H and O–H groups in total. The molecule has 0 aromatic rings. The number of thiocarbonyl (C=S) groups is 1. The number of hydrogen-bond donors (Lipinski definition) is 2. The maximum atomic E-state index is 5.32. The summed E-state index contributed by atoms with van der Waals surface area (Å²) in [7, 11) is 0. The van der Waals surface area contributed by atoms with Crippen LogP contribution in [0.4, 0.5) is 0 Å². The van der Waals surface area contributed by atoms with Gasteiger partial charge < -0.3 is 15.4 Å². The van der Waals surface area contributed by atoms with E-state index in [-0.39, 0.29) is 0 Å². The maximum absolute atomic E-state index is 5.32. The van der Waals surface area contributed by atoms with Crippen LogP contribution < -0.4 is 10.6 Å². The standard InChI is InChI=1S/C11H22N2OS/c1-9(2)7-13-11(15)12-5-3-10-4-6-14-8-10/h9-10H,3-8H2,1-2H3,(H2,12,13,15). The smallest absolute Gasteiger partial charge is 0.166 e. The van der Waals surface area contributed by atoms with Crippen LogP contribution in [0.1, 0.15) is 26.7 Å². The molecular formula is C11H22N2OS. The monoisotopic (exact) mass is 230 g/mol. The molecule has 0 radical (unpaired) electrons. The highest BCUT2D eigenvalue weighted by Crippen LogP contribution is 2.14. The van der Waals surface area contributed by atoms with Crippen LogP contribution in [0.3, 0.4) is 0 Å². The van der Waals surface area contributed by atoms with Crippen molar-refractivity contribution in [2.75, 3.05) is 26.3 Å². The molecule has 1 unspecified atom stereocenters. The highest BCUT2D eigenvalue weighted by atomic mass is 32.1. The molecule has 0 aromatic carbocycles. The summed E-state index contributed by atoms with van der Waals surface area (Å²) < 4.78 is 5.32. The van der Waals surface area contributed by atoms with Crippen molar-refractivity contribution < 1.29 is 4.74 Å². The summed E-state index contributed by atoms with van der Waals surface area (Å²) in [6, 6.07) is 0. The van der Waals surface area contributed by atoms with Gasteiger partial charge in [0, 0.05) is 26.3 Å². The minimum absolute atomic E-state index is 0.632. The van der Waals surface area contributed by atoms with E-state index in [1.165, 1.54) is 6.42 Å².